The molecule has 1 saturated carbocycles. The SMILES string of the molecule is CO[C@H]1C[C@@H](CN(CCc2ccccc2)C(=O)CNC(=O)c2ccc(-c3ccc(C(=O)NCC(=O)NCCc4ccccc4)cc3)cc2)N(C(=O)[C@@H](N)C2CCCCC2)C1. The summed E-state index contributed by atoms with van der Waals surface area (Å²) >= 11 is 0. The number of carbonyl (C=O) groups is 5. The van der Waals surface area contributed by atoms with Gasteiger partial charge in [-0.1, -0.05) is 104 Å². The Labute approximate surface area is 353 Å². The van der Waals surface area contributed by atoms with Crippen molar-refractivity contribution in [1.82, 2.24) is 25.8 Å². The van der Waals surface area contributed by atoms with E-state index < -0.39 is 6.04 Å². The molecule has 1 aliphatic heterocycles. The Balaban J connectivity index is 1.01. The molecule has 12 nitrogen and oxygen atoms in total. The molecule has 1 aliphatic carbocycles. The number of hydrogen-bond acceptors (Lipinski definition) is 7. The Morgan fingerprint density at radius 2 is 1.27 bits per heavy atom. The van der Waals surface area contributed by atoms with Crippen molar-refractivity contribution in [3.05, 3.63) is 131 Å². The van der Waals surface area contributed by atoms with Crippen LogP contribution in [0.25, 0.3) is 11.1 Å². The van der Waals surface area contributed by atoms with Crippen molar-refractivity contribution in [3.63, 3.8) is 0 Å². The molecule has 1 heterocycles. The van der Waals surface area contributed by atoms with Crippen LogP contribution in [0.5, 0.6) is 0 Å². The van der Waals surface area contributed by atoms with E-state index in [0.29, 0.717) is 56.6 Å². The van der Waals surface area contributed by atoms with E-state index in [9.17, 15) is 24.0 Å². The average molecular weight is 815 g/mol. The van der Waals surface area contributed by atoms with Gasteiger partial charge in [-0.25, -0.2) is 0 Å². The number of nitrogens with zero attached hydrogens (tertiary/aromatic N) is 2. The van der Waals surface area contributed by atoms with E-state index in [1.165, 1.54) is 6.42 Å². The molecule has 4 aromatic rings. The predicted molar refractivity (Wildman–Crippen MR) is 232 cm³/mol. The van der Waals surface area contributed by atoms with Gasteiger partial charge in [-0.15, -0.1) is 0 Å². The molecule has 4 aromatic carbocycles. The first-order valence-corrected chi connectivity index (χ1v) is 21.2. The topological polar surface area (TPSA) is 163 Å². The maximum atomic E-state index is 13.9. The zero-order valence-corrected chi connectivity index (χ0v) is 34.5. The van der Waals surface area contributed by atoms with Crippen LogP contribution in [0.15, 0.2) is 109 Å². The highest BCUT2D eigenvalue weighted by Crippen LogP contribution is 2.29. The van der Waals surface area contributed by atoms with Gasteiger partial charge in [0.15, 0.2) is 0 Å². The molecule has 0 aromatic heterocycles. The van der Waals surface area contributed by atoms with Crippen molar-refractivity contribution >= 4 is 29.5 Å². The second-order valence-electron chi connectivity index (χ2n) is 15.8. The molecular formula is C48H58N6O6. The number of rotatable bonds is 18. The van der Waals surface area contributed by atoms with Crippen LogP contribution in [-0.4, -0.2) is 104 Å². The second kappa shape index (κ2) is 22.0. The van der Waals surface area contributed by atoms with Crippen LogP contribution in [0, 0.1) is 5.92 Å². The summed E-state index contributed by atoms with van der Waals surface area (Å²) in [6.45, 7) is 1.32. The molecule has 5 amide bonds. The Morgan fingerprint density at radius 3 is 1.83 bits per heavy atom. The highest BCUT2D eigenvalue weighted by Gasteiger charge is 2.40. The number of methoxy groups -OCH3 is 1. The first-order valence-electron chi connectivity index (χ1n) is 21.2. The molecule has 12 heteroatoms. The Bertz CT molecular complexity index is 2020. The fourth-order valence-corrected chi connectivity index (χ4v) is 8.17. The highest BCUT2D eigenvalue weighted by molar-refractivity contribution is 5.98. The van der Waals surface area contributed by atoms with E-state index >= 15 is 0 Å². The van der Waals surface area contributed by atoms with E-state index in [1.807, 2.05) is 89.8 Å². The molecule has 5 N–H and O–H groups in total. The van der Waals surface area contributed by atoms with E-state index in [2.05, 4.69) is 16.0 Å². The molecule has 0 bridgehead atoms. The van der Waals surface area contributed by atoms with Gasteiger partial charge in [0.25, 0.3) is 11.8 Å². The molecular weight excluding hydrogens is 757 g/mol. The molecule has 6 rings (SSSR count). The predicted octanol–water partition coefficient (Wildman–Crippen LogP) is 4.77. The van der Waals surface area contributed by atoms with Gasteiger partial charge >= 0.3 is 0 Å². The monoisotopic (exact) mass is 814 g/mol. The van der Waals surface area contributed by atoms with Gasteiger partial charge in [0, 0.05) is 44.4 Å². The smallest absolute Gasteiger partial charge is 0.251 e. The largest absolute Gasteiger partial charge is 0.380 e. The minimum absolute atomic E-state index is 0.0770. The van der Waals surface area contributed by atoms with E-state index in [-0.39, 0.29) is 60.7 Å². The standard InChI is InChI=1S/C48H58N6O6/c1-60-42-29-41(54(33-42)48(59)45(49)38-15-9-4-10-16-38)32-53(28-26-35-13-7-3-8-14-35)44(56)31-52-47(58)40-23-19-37(20-24-40)36-17-21-39(22-18-36)46(57)51-30-43(55)50-27-25-34-11-5-2-6-12-34/h2-3,5-8,11-14,17-24,38,41-42,45H,4,9-10,15-16,25-33,49H2,1H3,(H,50,55)(H,51,57)(H,52,58)/t41-,42-,45-/m0/s1. The molecule has 0 radical (unpaired) electrons. The second-order valence-corrected chi connectivity index (χ2v) is 15.8. The van der Waals surface area contributed by atoms with Gasteiger partial charge in [0.1, 0.15) is 0 Å². The van der Waals surface area contributed by atoms with Crippen LogP contribution >= 0.6 is 0 Å². The van der Waals surface area contributed by atoms with Crippen LogP contribution in [0.4, 0.5) is 0 Å². The molecule has 60 heavy (non-hydrogen) atoms. The van der Waals surface area contributed by atoms with Crippen molar-refractivity contribution < 1.29 is 28.7 Å². The summed E-state index contributed by atoms with van der Waals surface area (Å²) in [7, 11) is 1.65. The summed E-state index contributed by atoms with van der Waals surface area (Å²) in [4.78, 5) is 69.6. The number of likely N-dealkylation sites (tertiary alicyclic amines) is 1. The summed E-state index contributed by atoms with van der Waals surface area (Å²) in [5, 5.41) is 8.29. The van der Waals surface area contributed by atoms with E-state index in [0.717, 1.165) is 47.9 Å². The fraction of sp³-hybridized carbons (Fsp3) is 0.396. The Hall–Kier alpha value is -5.85. The number of hydrogen-bond donors (Lipinski definition) is 4. The fourth-order valence-electron chi connectivity index (χ4n) is 8.17. The van der Waals surface area contributed by atoms with Crippen LogP contribution in [0.2, 0.25) is 0 Å². The van der Waals surface area contributed by atoms with Gasteiger partial charge in [-0.3, -0.25) is 24.0 Å². The van der Waals surface area contributed by atoms with Crippen LogP contribution in [-0.2, 0) is 32.0 Å². The number of nitrogens with two attached hydrogens (primary N) is 1. The van der Waals surface area contributed by atoms with Crippen LogP contribution in [0.1, 0.15) is 70.4 Å². The van der Waals surface area contributed by atoms with Crippen molar-refractivity contribution in [2.75, 3.05) is 46.4 Å². The maximum absolute atomic E-state index is 13.9. The van der Waals surface area contributed by atoms with Gasteiger partial charge in [-0.05, 0) is 84.5 Å². The lowest BCUT2D eigenvalue weighted by molar-refractivity contribution is -0.138. The maximum Gasteiger partial charge on any atom is 0.251 e. The third-order valence-corrected chi connectivity index (χ3v) is 11.7. The Morgan fingerprint density at radius 1 is 0.717 bits per heavy atom. The number of amides is 5. The molecule has 0 unspecified atom stereocenters. The van der Waals surface area contributed by atoms with Crippen molar-refractivity contribution in [1.29, 1.82) is 0 Å². The number of carbonyl (C=O) groups excluding carboxylic acids is 5. The van der Waals surface area contributed by atoms with Crippen LogP contribution < -0.4 is 21.7 Å². The van der Waals surface area contributed by atoms with E-state index in [4.69, 9.17) is 10.5 Å². The van der Waals surface area contributed by atoms with Crippen molar-refractivity contribution in [2.45, 2.75) is 69.6 Å². The van der Waals surface area contributed by atoms with Gasteiger partial charge < -0.3 is 36.2 Å². The lowest BCUT2D eigenvalue weighted by Gasteiger charge is -2.34. The third kappa shape index (κ3) is 12.3. The molecule has 3 atom stereocenters. The lowest BCUT2D eigenvalue weighted by Crippen LogP contribution is -2.53. The average Bonchev–Trinajstić information content (AvgIpc) is 3.72. The minimum atomic E-state index is -0.574. The zero-order valence-electron chi connectivity index (χ0n) is 34.5. The van der Waals surface area contributed by atoms with Crippen LogP contribution in [0.3, 0.4) is 0 Å². The molecule has 1 saturated heterocycles. The quantitative estimate of drug-likeness (QED) is 0.113. The molecule has 2 aliphatic rings. The summed E-state index contributed by atoms with van der Waals surface area (Å²) in [6.07, 6.45) is 7.03. The van der Waals surface area contributed by atoms with Gasteiger partial charge in [0.05, 0.1) is 31.3 Å². The number of nitrogens with one attached hydrogen (secondary N) is 3. The molecule has 316 valence electrons. The first-order chi connectivity index (χ1) is 29.2. The van der Waals surface area contributed by atoms with Crippen molar-refractivity contribution in [2.24, 2.45) is 11.7 Å². The normalized spacial score (nSPS) is 17.1. The van der Waals surface area contributed by atoms with E-state index in [1.54, 1.807) is 36.3 Å². The van der Waals surface area contributed by atoms with Gasteiger partial charge in [-0.2, -0.15) is 0 Å². The minimum Gasteiger partial charge on any atom is -0.380 e. The zero-order chi connectivity index (χ0) is 42.3. The summed E-state index contributed by atoms with van der Waals surface area (Å²) in [5.41, 5.74) is 11.3. The lowest BCUT2D eigenvalue weighted by atomic mass is 9.83. The molecule has 0 spiro atoms. The van der Waals surface area contributed by atoms with Gasteiger partial charge in [0.2, 0.25) is 17.7 Å². The first kappa shape index (κ1) is 43.7. The Kier molecular flexibility index (Phi) is 16.0. The summed E-state index contributed by atoms with van der Waals surface area (Å²) < 4.78 is 5.71. The van der Waals surface area contributed by atoms with Crippen molar-refractivity contribution in [3.8, 4) is 11.1 Å². The summed E-state index contributed by atoms with van der Waals surface area (Å²) in [5.74, 6) is -1.16. The molecule has 2 fully saturated rings. The highest BCUT2D eigenvalue weighted by atomic mass is 16.5. The number of ether oxygens (including phenoxy) is 1. The number of benzene rings is 4. The summed E-state index contributed by atoms with van der Waals surface area (Å²) in [6, 6.07) is 33.0. The third-order valence-electron chi connectivity index (χ3n) is 11.7.